The van der Waals surface area contributed by atoms with Crippen molar-refractivity contribution in [3.8, 4) is 0 Å². The first-order chi connectivity index (χ1) is 14.3. The largest absolute Gasteiger partial charge is 0.378 e. The number of anilines is 3. The van der Waals surface area contributed by atoms with E-state index in [0.717, 1.165) is 22.6 Å². The maximum absolute atomic E-state index is 14.3. The fraction of sp³-hybridized carbons (Fsp3) is 0.250. The maximum atomic E-state index is 14.3. The fourth-order valence-corrected chi connectivity index (χ4v) is 5.50. The molecule has 2 atom stereocenters. The molecule has 1 N–H and O–H groups in total. The van der Waals surface area contributed by atoms with E-state index in [2.05, 4.69) is 5.32 Å². The van der Waals surface area contributed by atoms with Crippen molar-refractivity contribution in [3.63, 3.8) is 0 Å². The van der Waals surface area contributed by atoms with Crippen LogP contribution in [0.3, 0.4) is 0 Å². The van der Waals surface area contributed by atoms with Crippen LogP contribution in [0.15, 0.2) is 78.9 Å². The summed E-state index contributed by atoms with van der Waals surface area (Å²) in [7, 11) is 6.21. The quantitative estimate of drug-likeness (QED) is 0.506. The molecule has 0 saturated heterocycles. The molecule has 5 nitrogen and oxygen atoms in total. The lowest BCUT2D eigenvalue weighted by atomic mass is 10.2. The summed E-state index contributed by atoms with van der Waals surface area (Å²) in [6, 6.07) is 25.6. The van der Waals surface area contributed by atoms with Crippen LogP contribution in [0.2, 0.25) is 0 Å². The average molecular weight is 423 g/mol. The molecule has 0 aliphatic rings. The Morgan fingerprint density at radius 3 is 1.73 bits per heavy atom. The Morgan fingerprint density at radius 1 is 0.767 bits per heavy atom. The van der Waals surface area contributed by atoms with Crippen molar-refractivity contribution in [3.05, 3.63) is 84.4 Å². The van der Waals surface area contributed by atoms with Gasteiger partial charge in [-0.3, -0.25) is 4.57 Å². The first-order valence-corrected chi connectivity index (χ1v) is 11.6. The summed E-state index contributed by atoms with van der Waals surface area (Å²) < 4.78 is 20.0. The molecular formula is C24H30N3O2P. The van der Waals surface area contributed by atoms with E-state index in [0.29, 0.717) is 5.30 Å². The molecule has 0 spiro atoms. The highest BCUT2D eigenvalue weighted by atomic mass is 31.2. The van der Waals surface area contributed by atoms with Crippen LogP contribution in [0, 0.1) is 0 Å². The number of nitrogens with one attached hydrogen (secondary N) is 1. The van der Waals surface area contributed by atoms with Gasteiger partial charge in [-0.15, -0.1) is 0 Å². The first-order valence-electron chi connectivity index (χ1n) is 9.87. The molecule has 0 unspecified atom stereocenters. The van der Waals surface area contributed by atoms with Gasteiger partial charge in [-0.2, -0.15) is 0 Å². The van der Waals surface area contributed by atoms with Gasteiger partial charge in [0.1, 0.15) is 5.78 Å². The van der Waals surface area contributed by atoms with Crippen LogP contribution in [0.4, 0.5) is 17.1 Å². The number of benzene rings is 3. The van der Waals surface area contributed by atoms with Gasteiger partial charge >= 0.3 is 0 Å². The third kappa shape index (κ3) is 4.69. The molecule has 0 radical (unpaired) electrons. The molecule has 0 aromatic heterocycles. The molecular weight excluding hydrogens is 393 g/mol. The summed E-state index contributed by atoms with van der Waals surface area (Å²) in [6.07, 6.45) is 0. The Labute approximate surface area is 179 Å². The van der Waals surface area contributed by atoms with Crippen LogP contribution in [-0.2, 0) is 9.09 Å². The second-order valence-corrected chi connectivity index (χ2v) is 10.2. The van der Waals surface area contributed by atoms with E-state index in [9.17, 15) is 4.57 Å². The molecule has 6 heteroatoms. The van der Waals surface area contributed by atoms with Crippen molar-refractivity contribution in [2.75, 3.05) is 50.4 Å². The van der Waals surface area contributed by atoms with Gasteiger partial charge in [0.2, 0.25) is 0 Å². The van der Waals surface area contributed by atoms with Gasteiger partial charge in [-0.25, -0.2) is 0 Å². The van der Waals surface area contributed by atoms with E-state index in [1.165, 1.54) is 7.11 Å². The van der Waals surface area contributed by atoms with Gasteiger partial charge < -0.3 is 19.6 Å². The zero-order valence-corrected chi connectivity index (χ0v) is 19.1. The van der Waals surface area contributed by atoms with E-state index in [1.807, 2.05) is 117 Å². The van der Waals surface area contributed by atoms with Crippen LogP contribution < -0.4 is 20.4 Å². The van der Waals surface area contributed by atoms with Crippen molar-refractivity contribution in [2.45, 2.75) is 5.78 Å². The predicted molar refractivity (Wildman–Crippen MR) is 129 cm³/mol. The van der Waals surface area contributed by atoms with E-state index >= 15 is 0 Å². The Hall–Kier alpha value is -2.75. The molecule has 0 heterocycles. The van der Waals surface area contributed by atoms with Crippen LogP contribution in [0.25, 0.3) is 0 Å². The molecule has 3 aromatic rings. The minimum absolute atomic E-state index is 0.522. The van der Waals surface area contributed by atoms with E-state index < -0.39 is 13.2 Å². The lowest BCUT2D eigenvalue weighted by Gasteiger charge is -2.29. The second kappa shape index (κ2) is 9.38. The Balaban J connectivity index is 2.07. The van der Waals surface area contributed by atoms with Crippen molar-refractivity contribution in [2.24, 2.45) is 0 Å². The first kappa shape index (κ1) is 21.9. The van der Waals surface area contributed by atoms with Crippen LogP contribution in [0.1, 0.15) is 11.3 Å². The van der Waals surface area contributed by atoms with Crippen molar-refractivity contribution < 1.29 is 9.09 Å². The van der Waals surface area contributed by atoms with Gasteiger partial charge in [0, 0.05) is 57.7 Å². The third-order valence-corrected chi connectivity index (χ3v) is 7.81. The zero-order valence-electron chi connectivity index (χ0n) is 18.2. The van der Waals surface area contributed by atoms with E-state index in [1.54, 1.807) is 0 Å². The Kier molecular flexibility index (Phi) is 6.86. The fourth-order valence-electron chi connectivity index (χ4n) is 3.33. The number of hydrogen-bond acceptors (Lipinski definition) is 5. The lowest BCUT2D eigenvalue weighted by Crippen LogP contribution is -2.20. The Bertz CT molecular complexity index is 987. The molecule has 158 valence electrons. The van der Waals surface area contributed by atoms with Crippen molar-refractivity contribution in [1.82, 2.24) is 0 Å². The monoisotopic (exact) mass is 423 g/mol. The zero-order chi connectivity index (χ0) is 21.7. The summed E-state index contributed by atoms with van der Waals surface area (Å²) in [5.74, 6) is -0.522. The summed E-state index contributed by atoms with van der Waals surface area (Å²) in [6.45, 7) is 0. The van der Waals surface area contributed by atoms with Gasteiger partial charge in [0.15, 0.2) is 0 Å². The van der Waals surface area contributed by atoms with Crippen molar-refractivity contribution >= 4 is 29.7 Å². The van der Waals surface area contributed by atoms with Gasteiger partial charge in [0.05, 0.1) is 0 Å². The molecule has 0 fully saturated rings. The molecule has 0 saturated carbocycles. The molecule has 3 aromatic carbocycles. The Morgan fingerprint density at radius 2 is 1.27 bits per heavy atom. The molecule has 3 rings (SSSR count). The predicted octanol–water partition coefficient (Wildman–Crippen LogP) is 5.18. The summed E-state index contributed by atoms with van der Waals surface area (Å²) in [5, 5.41) is 4.14. The summed E-state index contributed by atoms with van der Waals surface area (Å²) in [5.41, 5.74) is 3.93. The van der Waals surface area contributed by atoms with Crippen LogP contribution in [-0.4, -0.2) is 35.3 Å². The van der Waals surface area contributed by atoms with Gasteiger partial charge in [0.25, 0.3) is 7.37 Å². The SMILES string of the molecule is CO[P@@](=O)(c1ccc(N(C)C)cc1)[C@H](Nc1ccccc1)c1ccc(N(C)C)cc1. The lowest BCUT2D eigenvalue weighted by molar-refractivity contribution is 0.396. The van der Waals surface area contributed by atoms with E-state index in [-0.39, 0.29) is 0 Å². The van der Waals surface area contributed by atoms with Gasteiger partial charge in [-0.1, -0.05) is 30.3 Å². The van der Waals surface area contributed by atoms with Crippen LogP contribution >= 0.6 is 7.37 Å². The van der Waals surface area contributed by atoms with E-state index in [4.69, 9.17) is 4.52 Å². The molecule has 0 bridgehead atoms. The molecule has 30 heavy (non-hydrogen) atoms. The standard InChI is InChI=1S/C24H30N3O2P/c1-26(2)21-13-11-19(12-14-21)24(25-20-9-7-6-8-10-20)30(28,29-5)23-17-15-22(16-18-23)27(3)4/h6-18,24-25H,1-5H3/t24-,30-/m0/s1. The smallest absolute Gasteiger partial charge is 0.257 e. The second-order valence-electron chi connectivity index (χ2n) is 7.59. The molecule has 0 aliphatic heterocycles. The third-order valence-electron chi connectivity index (χ3n) is 5.14. The maximum Gasteiger partial charge on any atom is 0.257 e. The molecule has 0 aliphatic carbocycles. The number of rotatable bonds is 8. The summed E-state index contributed by atoms with van der Waals surface area (Å²) in [4.78, 5) is 4.06. The minimum Gasteiger partial charge on any atom is -0.378 e. The number of nitrogens with zero attached hydrogens (tertiary/aromatic N) is 2. The minimum atomic E-state index is -3.28. The summed E-state index contributed by atoms with van der Waals surface area (Å²) >= 11 is 0. The van der Waals surface area contributed by atoms with Crippen LogP contribution in [0.5, 0.6) is 0 Å². The number of para-hydroxylation sites is 1. The van der Waals surface area contributed by atoms with Gasteiger partial charge in [-0.05, 0) is 54.1 Å². The highest BCUT2D eigenvalue weighted by Gasteiger charge is 2.37. The molecule has 0 amide bonds. The number of hydrogen-bond donors (Lipinski definition) is 1. The van der Waals surface area contributed by atoms with Crippen molar-refractivity contribution in [1.29, 1.82) is 0 Å². The topological polar surface area (TPSA) is 44.8 Å². The highest BCUT2D eigenvalue weighted by molar-refractivity contribution is 7.67. The highest BCUT2D eigenvalue weighted by Crippen LogP contribution is 2.58. The average Bonchev–Trinajstić information content (AvgIpc) is 2.78. The normalized spacial score (nSPS) is 13.9.